The fourth-order valence-corrected chi connectivity index (χ4v) is 4.07. The van der Waals surface area contributed by atoms with Gasteiger partial charge in [-0.25, -0.2) is 0 Å². The van der Waals surface area contributed by atoms with Gasteiger partial charge in [0.2, 0.25) is 0 Å². The Morgan fingerprint density at radius 3 is 2.37 bits per heavy atom. The molecule has 0 aliphatic heterocycles. The summed E-state index contributed by atoms with van der Waals surface area (Å²) >= 11 is 0. The van der Waals surface area contributed by atoms with E-state index in [9.17, 15) is 4.79 Å². The van der Waals surface area contributed by atoms with Gasteiger partial charge in [-0.1, -0.05) is 55.5 Å². The van der Waals surface area contributed by atoms with Crippen molar-refractivity contribution in [3.05, 3.63) is 35.4 Å². The number of carbonyl (C=O) groups is 1. The molecule has 1 heteroatoms. The Morgan fingerprint density at radius 2 is 1.63 bits per heavy atom. The summed E-state index contributed by atoms with van der Waals surface area (Å²) in [5.41, 5.74) is 2.15. The minimum atomic E-state index is 0.294. The third kappa shape index (κ3) is 2.75. The Kier molecular flexibility index (Phi) is 3.72. The van der Waals surface area contributed by atoms with E-state index in [0.29, 0.717) is 11.7 Å². The minimum Gasteiger partial charge on any atom is -0.294 e. The molecule has 2 aliphatic carbocycles. The number of aryl methyl sites for hydroxylation is 1. The Bertz CT molecular complexity index is 445. The topological polar surface area (TPSA) is 17.1 Å². The first-order chi connectivity index (χ1) is 9.24. The van der Waals surface area contributed by atoms with E-state index in [0.717, 1.165) is 30.2 Å². The summed E-state index contributed by atoms with van der Waals surface area (Å²) < 4.78 is 0. The predicted molar refractivity (Wildman–Crippen MR) is 78.3 cm³/mol. The van der Waals surface area contributed by atoms with Crippen molar-refractivity contribution in [2.45, 2.75) is 51.9 Å². The summed E-state index contributed by atoms with van der Waals surface area (Å²) in [5, 5.41) is 0. The van der Waals surface area contributed by atoms with Gasteiger partial charge in [0.05, 0.1) is 0 Å². The molecule has 0 aromatic heterocycles. The Labute approximate surface area is 116 Å². The molecule has 2 aliphatic rings. The molecule has 0 N–H and O–H groups in total. The molecule has 0 heterocycles. The first kappa shape index (κ1) is 12.9. The SMILES string of the molecule is Cc1ccc(C(=O)C2CCC3CCCCC3C2)cc1. The fourth-order valence-electron chi connectivity index (χ4n) is 4.07. The number of hydrogen-bond acceptors (Lipinski definition) is 1. The summed E-state index contributed by atoms with van der Waals surface area (Å²) in [7, 11) is 0. The first-order valence-corrected chi connectivity index (χ1v) is 7.85. The maximum atomic E-state index is 12.6. The molecule has 3 rings (SSSR count). The molecule has 19 heavy (non-hydrogen) atoms. The number of fused-ring (bicyclic) bond motifs is 1. The number of ketones is 1. The highest BCUT2D eigenvalue weighted by Crippen LogP contribution is 2.43. The van der Waals surface area contributed by atoms with Crippen LogP contribution in [0, 0.1) is 24.7 Å². The van der Waals surface area contributed by atoms with Gasteiger partial charge in [-0.3, -0.25) is 4.79 Å². The third-order valence-corrected chi connectivity index (χ3v) is 5.25. The summed E-state index contributed by atoms with van der Waals surface area (Å²) in [6.45, 7) is 2.07. The molecular weight excluding hydrogens is 232 g/mol. The van der Waals surface area contributed by atoms with Gasteiger partial charge >= 0.3 is 0 Å². The van der Waals surface area contributed by atoms with E-state index in [4.69, 9.17) is 0 Å². The summed E-state index contributed by atoms with van der Waals surface area (Å²) in [5.74, 6) is 2.45. The van der Waals surface area contributed by atoms with Crippen molar-refractivity contribution in [2.75, 3.05) is 0 Å². The van der Waals surface area contributed by atoms with Gasteiger partial charge < -0.3 is 0 Å². The molecule has 2 fully saturated rings. The predicted octanol–water partition coefficient (Wildman–Crippen LogP) is 4.78. The van der Waals surface area contributed by atoms with Gasteiger partial charge in [0, 0.05) is 11.5 Å². The molecule has 102 valence electrons. The molecule has 0 bridgehead atoms. The van der Waals surface area contributed by atoms with E-state index in [1.54, 1.807) is 0 Å². The maximum Gasteiger partial charge on any atom is 0.165 e. The van der Waals surface area contributed by atoms with Crippen molar-refractivity contribution in [3.8, 4) is 0 Å². The van der Waals surface area contributed by atoms with Gasteiger partial charge in [-0.05, 0) is 38.0 Å². The first-order valence-electron chi connectivity index (χ1n) is 7.85. The van der Waals surface area contributed by atoms with E-state index in [-0.39, 0.29) is 0 Å². The summed E-state index contributed by atoms with van der Waals surface area (Å²) in [6, 6.07) is 8.12. The van der Waals surface area contributed by atoms with Crippen LogP contribution in [0.15, 0.2) is 24.3 Å². The van der Waals surface area contributed by atoms with Crippen molar-refractivity contribution in [3.63, 3.8) is 0 Å². The molecule has 0 spiro atoms. The molecule has 0 radical (unpaired) electrons. The average molecular weight is 256 g/mol. The lowest BCUT2D eigenvalue weighted by Gasteiger charge is -2.38. The van der Waals surface area contributed by atoms with Crippen LogP contribution >= 0.6 is 0 Å². The maximum absolute atomic E-state index is 12.6. The lowest BCUT2D eigenvalue weighted by molar-refractivity contribution is 0.0763. The van der Waals surface area contributed by atoms with Crippen LogP contribution in [0.5, 0.6) is 0 Å². The van der Waals surface area contributed by atoms with E-state index < -0.39 is 0 Å². The number of carbonyl (C=O) groups excluding carboxylic acids is 1. The van der Waals surface area contributed by atoms with Crippen molar-refractivity contribution >= 4 is 5.78 Å². The van der Waals surface area contributed by atoms with Crippen LogP contribution < -0.4 is 0 Å². The zero-order valence-corrected chi connectivity index (χ0v) is 11.9. The monoisotopic (exact) mass is 256 g/mol. The number of hydrogen-bond donors (Lipinski definition) is 0. The zero-order valence-electron chi connectivity index (χ0n) is 11.9. The number of Topliss-reactive ketones (excluding diaryl/α,β-unsaturated/α-hetero) is 1. The average Bonchev–Trinajstić information content (AvgIpc) is 2.47. The van der Waals surface area contributed by atoms with E-state index >= 15 is 0 Å². The normalized spacial score (nSPS) is 30.7. The Balaban J connectivity index is 1.69. The second-order valence-corrected chi connectivity index (χ2v) is 6.54. The van der Waals surface area contributed by atoms with E-state index in [2.05, 4.69) is 19.1 Å². The van der Waals surface area contributed by atoms with Crippen LogP contribution in [0.4, 0.5) is 0 Å². The molecule has 2 saturated carbocycles. The zero-order chi connectivity index (χ0) is 13.2. The van der Waals surface area contributed by atoms with Crippen LogP contribution in [0.25, 0.3) is 0 Å². The lowest BCUT2D eigenvalue weighted by Crippen LogP contribution is -2.31. The molecule has 1 nitrogen and oxygen atoms in total. The highest BCUT2D eigenvalue weighted by Gasteiger charge is 2.35. The number of rotatable bonds is 2. The van der Waals surface area contributed by atoms with Crippen molar-refractivity contribution in [2.24, 2.45) is 17.8 Å². The number of benzene rings is 1. The largest absolute Gasteiger partial charge is 0.294 e. The van der Waals surface area contributed by atoms with Gasteiger partial charge in [0.25, 0.3) is 0 Å². The van der Waals surface area contributed by atoms with E-state index in [1.807, 2.05) is 12.1 Å². The fraction of sp³-hybridized carbons (Fsp3) is 0.611. The molecule has 0 amide bonds. The second-order valence-electron chi connectivity index (χ2n) is 6.54. The van der Waals surface area contributed by atoms with Crippen LogP contribution in [0.2, 0.25) is 0 Å². The van der Waals surface area contributed by atoms with Gasteiger partial charge in [0.1, 0.15) is 0 Å². The Hall–Kier alpha value is -1.11. The quantitative estimate of drug-likeness (QED) is 0.696. The van der Waals surface area contributed by atoms with Crippen molar-refractivity contribution in [1.82, 2.24) is 0 Å². The van der Waals surface area contributed by atoms with Crippen LogP contribution in [-0.2, 0) is 0 Å². The molecule has 3 atom stereocenters. The van der Waals surface area contributed by atoms with Crippen LogP contribution in [0.1, 0.15) is 60.9 Å². The molecule has 0 saturated heterocycles. The summed E-state index contributed by atoms with van der Waals surface area (Å²) in [4.78, 5) is 12.6. The van der Waals surface area contributed by atoms with E-state index in [1.165, 1.54) is 37.7 Å². The molecule has 3 unspecified atom stereocenters. The van der Waals surface area contributed by atoms with Crippen LogP contribution in [-0.4, -0.2) is 5.78 Å². The standard InChI is InChI=1S/C18H24O/c1-13-6-8-15(9-7-13)18(19)17-11-10-14-4-2-3-5-16(14)12-17/h6-9,14,16-17H,2-5,10-12H2,1H3. The van der Waals surface area contributed by atoms with Crippen molar-refractivity contribution < 1.29 is 4.79 Å². The molecule has 1 aromatic carbocycles. The third-order valence-electron chi connectivity index (χ3n) is 5.25. The minimum absolute atomic E-state index is 0.294. The smallest absolute Gasteiger partial charge is 0.165 e. The second kappa shape index (κ2) is 5.48. The van der Waals surface area contributed by atoms with Crippen LogP contribution in [0.3, 0.4) is 0 Å². The Morgan fingerprint density at radius 1 is 0.947 bits per heavy atom. The summed E-state index contributed by atoms with van der Waals surface area (Å²) in [6.07, 6.45) is 9.13. The van der Waals surface area contributed by atoms with Gasteiger partial charge in [-0.2, -0.15) is 0 Å². The van der Waals surface area contributed by atoms with Gasteiger partial charge in [0.15, 0.2) is 5.78 Å². The lowest BCUT2D eigenvalue weighted by atomic mass is 9.66. The highest BCUT2D eigenvalue weighted by molar-refractivity contribution is 5.97. The highest BCUT2D eigenvalue weighted by atomic mass is 16.1. The molecular formula is C18H24O. The van der Waals surface area contributed by atoms with Gasteiger partial charge in [-0.15, -0.1) is 0 Å². The molecule has 1 aromatic rings. The van der Waals surface area contributed by atoms with Crippen molar-refractivity contribution in [1.29, 1.82) is 0 Å².